The molecule has 116 valence electrons. The average Bonchev–Trinajstić information content (AvgIpc) is 2.89. The van der Waals surface area contributed by atoms with Crippen LogP contribution in [-0.2, 0) is 0 Å². The zero-order valence-corrected chi connectivity index (χ0v) is 14.1. The molecule has 1 aromatic carbocycles. The summed E-state index contributed by atoms with van der Waals surface area (Å²) in [6.07, 6.45) is 1.56. The van der Waals surface area contributed by atoms with Gasteiger partial charge in [-0.25, -0.2) is 9.50 Å². The largest absolute Gasteiger partial charge is 0.339 e. The van der Waals surface area contributed by atoms with Gasteiger partial charge in [-0.2, -0.15) is 5.26 Å². The molecule has 0 unspecified atom stereocenters. The molecule has 0 radical (unpaired) electrons. The second-order valence-corrected chi connectivity index (χ2v) is 6.62. The van der Waals surface area contributed by atoms with E-state index in [-0.39, 0.29) is 0 Å². The molecule has 2 aromatic heterocycles. The molecule has 0 bridgehead atoms. The molecule has 0 aliphatic carbocycles. The van der Waals surface area contributed by atoms with Crippen molar-refractivity contribution in [2.24, 2.45) is 0 Å². The Kier molecular flexibility index (Phi) is 4.22. The fourth-order valence-corrected chi connectivity index (χ4v) is 3.31. The van der Waals surface area contributed by atoms with Gasteiger partial charge in [-0.1, -0.05) is 13.0 Å². The Hall–Kier alpha value is -2.52. The summed E-state index contributed by atoms with van der Waals surface area (Å²) < 4.78 is 1.60. The number of fused-ring (bicyclic) bond motifs is 1. The van der Waals surface area contributed by atoms with Crippen molar-refractivity contribution in [2.45, 2.75) is 25.7 Å². The van der Waals surface area contributed by atoms with Gasteiger partial charge in [-0.15, -0.1) is 16.9 Å². The smallest absolute Gasteiger partial charge is 0.168 e. The highest BCUT2D eigenvalue weighted by molar-refractivity contribution is 7.99. The lowest BCUT2D eigenvalue weighted by atomic mass is 10.1. The number of imidazole rings is 1. The number of aromatic nitrogens is 3. The van der Waals surface area contributed by atoms with Crippen LogP contribution in [0.4, 0.5) is 11.5 Å². The molecular weight excluding hydrogens is 306 g/mol. The third-order valence-corrected chi connectivity index (χ3v) is 4.24. The van der Waals surface area contributed by atoms with Crippen LogP contribution < -0.4 is 5.32 Å². The average molecular weight is 323 g/mol. The second kappa shape index (κ2) is 6.31. The molecule has 23 heavy (non-hydrogen) atoms. The number of anilines is 2. The summed E-state index contributed by atoms with van der Waals surface area (Å²) in [5.41, 5.74) is 4.52. The number of hydrogen-bond acceptors (Lipinski definition) is 5. The third kappa shape index (κ3) is 3.15. The number of nitrogens with one attached hydrogen (secondary N) is 1. The Morgan fingerprint density at radius 1 is 1.22 bits per heavy atom. The van der Waals surface area contributed by atoms with Crippen LogP contribution in [-0.4, -0.2) is 20.4 Å². The summed E-state index contributed by atoms with van der Waals surface area (Å²) in [6, 6.07) is 10.4. The molecule has 0 spiro atoms. The van der Waals surface area contributed by atoms with E-state index in [2.05, 4.69) is 60.4 Å². The van der Waals surface area contributed by atoms with Gasteiger partial charge in [0.2, 0.25) is 0 Å². The number of rotatable bonds is 4. The number of aryl methyl sites for hydroxylation is 2. The molecule has 0 atom stereocenters. The van der Waals surface area contributed by atoms with Crippen LogP contribution in [0, 0.1) is 25.2 Å². The van der Waals surface area contributed by atoms with Crippen molar-refractivity contribution in [1.82, 2.24) is 14.6 Å². The van der Waals surface area contributed by atoms with E-state index in [1.165, 1.54) is 11.1 Å². The van der Waals surface area contributed by atoms with Crippen molar-refractivity contribution in [2.75, 3.05) is 11.1 Å². The first-order valence-electron chi connectivity index (χ1n) is 7.37. The first kappa shape index (κ1) is 15.4. The van der Waals surface area contributed by atoms with E-state index in [4.69, 9.17) is 0 Å². The second-order valence-electron chi connectivity index (χ2n) is 5.32. The fraction of sp³-hybridized carbons (Fsp3) is 0.235. The first-order valence-corrected chi connectivity index (χ1v) is 8.36. The SMILES string of the molecule is CCSc1cc(Nc2cc(C)cc(C)c2)nn2c(C#N)cnc12. The molecule has 0 saturated carbocycles. The van der Waals surface area contributed by atoms with Crippen molar-refractivity contribution in [1.29, 1.82) is 5.26 Å². The van der Waals surface area contributed by atoms with Gasteiger partial charge in [0, 0.05) is 5.69 Å². The summed E-state index contributed by atoms with van der Waals surface area (Å²) in [5, 5.41) is 17.1. The summed E-state index contributed by atoms with van der Waals surface area (Å²) in [7, 11) is 0. The third-order valence-electron chi connectivity index (χ3n) is 3.34. The maximum atomic E-state index is 9.22. The molecular formula is C17H17N5S. The maximum Gasteiger partial charge on any atom is 0.168 e. The lowest BCUT2D eigenvalue weighted by Crippen LogP contribution is -2.02. The normalized spacial score (nSPS) is 10.7. The Bertz CT molecular complexity index is 887. The van der Waals surface area contributed by atoms with E-state index in [0.29, 0.717) is 11.5 Å². The van der Waals surface area contributed by atoms with Gasteiger partial charge < -0.3 is 5.32 Å². The predicted molar refractivity (Wildman–Crippen MR) is 93.3 cm³/mol. The van der Waals surface area contributed by atoms with Crippen LogP contribution in [0.15, 0.2) is 35.4 Å². The molecule has 0 saturated heterocycles. The lowest BCUT2D eigenvalue weighted by molar-refractivity contribution is 0.910. The molecule has 0 aliphatic rings. The minimum absolute atomic E-state index is 0.432. The Labute approximate surface area is 139 Å². The zero-order chi connectivity index (χ0) is 16.4. The molecule has 0 amide bonds. The monoisotopic (exact) mass is 323 g/mol. The molecule has 1 N–H and O–H groups in total. The fourth-order valence-electron chi connectivity index (χ4n) is 2.53. The van der Waals surface area contributed by atoms with Crippen LogP contribution in [0.2, 0.25) is 0 Å². The molecule has 0 fully saturated rings. The van der Waals surface area contributed by atoms with Gasteiger partial charge in [0.25, 0.3) is 0 Å². The molecule has 3 rings (SSSR count). The van der Waals surface area contributed by atoms with Gasteiger partial charge in [0.05, 0.1) is 11.1 Å². The van der Waals surface area contributed by atoms with Crippen LogP contribution >= 0.6 is 11.8 Å². The van der Waals surface area contributed by atoms with Gasteiger partial charge in [0.15, 0.2) is 17.2 Å². The molecule has 3 aromatic rings. The summed E-state index contributed by atoms with van der Waals surface area (Å²) in [5.74, 6) is 1.63. The number of nitrogens with zero attached hydrogens (tertiary/aromatic N) is 4. The van der Waals surface area contributed by atoms with E-state index >= 15 is 0 Å². The van der Waals surface area contributed by atoms with Crippen molar-refractivity contribution >= 4 is 28.9 Å². The number of thioether (sulfide) groups is 1. The van der Waals surface area contributed by atoms with Gasteiger partial charge in [-0.05, 0) is 48.9 Å². The molecule has 2 heterocycles. The lowest BCUT2D eigenvalue weighted by Gasteiger charge is -2.10. The predicted octanol–water partition coefficient (Wildman–Crippen LogP) is 4.07. The Morgan fingerprint density at radius 3 is 2.61 bits per heavy atom. The van der Waals surface area contributed by atoms with E-state index < -0.39 is 0 Å². The van der Waals surface area contributed by atoms with Crippen LogP contribution in [0.25, 0.3) is 5.65 Å². The van der Waals surface area contributed by atoms with Crippen molar-refractivity contribution < 1.29 is 0 Å². The van der Waals surface area contributed by atoms with Crippen molar-refractivity contribution in [3.05, 3.63) is 47.3 Å². The van der Waals surface area contributed by atoms with Crippen LogP contribution in [0.1, 0.15) is 23.7 Å². The van der Waals surface area contributed by atoms with E-state index in [9.17, 15) is 5.26 Å². The minimum Gasteiger partial charge on any atom is -0.339 e. The number of hydrogen-bond donors (Lipinski definition) is 1. The highest BCUT2D eigenvalue weighted by Crippen LogP contribution is 2.27. The summed E-state index contributed by atoms with van der Waals surface area (Å²) in [6.45, 7) is 6.22. The first-order chi connectivity index (χ1) is 11.1. The number of benzene rings is 1. The van der Waals surface area contributed by atoms with E-state index in [1.807, 2.05) is 6.07 Å². The minimum atomic E-state index is 0.432. The summed E-state index contributed by atoms with van der Waals surface area (Å²) in [4.78, 5) is 5.32. The van der Waals surface area contributed by atoms with Gasteiger partial charge in [0.1, 0.15) is 6.07 Å². The number of nitriles is 1. The Morgan fingerprint density at radius 2 is 1.96 bits per heavy atom. The van der Waals surface area contributed by atoms with Gasteiger partial charge >= 0.3 is 0 Å². The van der Waals surface area contributed by atoms with Gasteiger partial charge in [-0.3, -0.25) is 0 Å². The topological polar surface area (TPSA) is 66.0 Å². The highest BCUT2D eigenvalue weighted by atomic mass is 32.2. The highest BCUT2D eigenvalue weighted by Gasteiger charge is 2.11. The summed E-state index contributed by atoms with van der Waals surface area (Å²) >= 11 is 1.69. The molecule has 5 nitrogen and oxygen atoms in total. The zero-order valence-electron chi connectivity index (χ0n) is 13.3. The van der Waals surface area contributed by atoms with E-state index in [0.717, 1.165) is 22.0 Å². The molecule has 6 heteroatoms. The maximum absolute atomic E-state index is 9.22. The Balaban J connectivity index is 2.08. The van der Waals surface area contributed by atoms with E-state index in [1.54, 1.807) is 22.5 Å². The van der Waals surface area contributed by atoms with Crippen LogP contribution in [0.5, 0.6) is 0 Å². The quantitative estimate of drug-likeness (QED) is 0.733. The standard InChI is InChI=1S/C17H17N5S/c1-4-23-15-8-16(20-13-6-11(2)5-12(3)7-13)21-22-14(9-18)10-19-17(15)22/h5-8,10H,4H2,1-3H3,(H,20,21). The van der Waals surface area contributed by atoms with Crippen molar-refractivity contribution in [3.63, 3.8) is 0 Å². The molecule has 0 aliphatic heterocycles. The van der Waals surface area contributed by atoms with Crippen molar-refractivity contribution in [3.8, 4) is 6.07 Å². The van der Waals surface area contributed by atoms with Crippen LogP contribution in [0.3, 0.4) is 0 Å².